The van der Waals surface area contributed by atoms with Crippen molar-refractivity contribution in [3.63, 3.8) is 0 Å². The molecule has 3 rings (SSSR count). The van der Waals surface area contributed by atoms with Crippen molar-refractivity contribution < 1.29 is 17.9 Å². The molecule has 1 aliphatic heterocycles. The molecule has 1 aromatic heterocycles. The van der Waals surface area contributed by atoms with Crippen molar-refractivity contribution in [2.75, 3.05) is 51.3 Å². The fourth-order valence-electron chi connectivity index (χ4n) is 3.73. The molecule has 1 saturated carbocycles. The Bertz CT molecular complexity index is 955. The van der Waals surface area contributed by atoms with Crippen LogP contribution in [0.3, 0.4) is 0 Å². The van der Waals surface area contributed by atoms with E-state index in [2.05, 4.69) is 40.2 Å². The Morgan fingerprint density at radius 1 is 1.23 bits per heavy atom. The van der Waals surface area contributed by atoms with Crippen LogP contribution < -0.4 is 9.64 Å². The molecule has 198 valence electrons. The Labute approximate surface area is 211 Å². The number of rotatable bonds is 13. The number of anilines is 1. The Hall–Kier alpha value is -2.07. The SMILES string of the molecule is C=C(OC1(C)CC1)N(C)CCC(C)COc1cnc(N2CCN(S(=O)(=O)C(C)(C)CC)CC2)cn1. The van der Waals surface area contributed by atoms with Gasteiger partial charge in [0.25, 0.3) is 0 Å². The Morgan fingerprint density at radius 3 is 2.43 bits per heavy atom. The molecule has 0 aromatic carbocycles. The molecule has 0 bridgehead atoms. The molecule has 1 atom stereocenters. The van der Waals surface area contributed by atoms with Crippen molar-refractivity contribution in [2.45, 2.75) is 70.7 Å². The monoisotopic (exact) mass is 509 g/mol. The summed E-state index contributed by atoms with van der Waals surface area (Å²) in [7, 11) is -1.32. The van der Waals surface area contributed by atoms with E-state index in [1.807, 2.05) is 14.0 Å². The highest BCUT2D eigenvalue weighted by molar-refractivity contribution is 7.90. The maximum atomic E-state index is 12.9. The molecule has 1 unspecified atom stereocenters. The van der Waals surface area contributed by atoms with Gasteiger partial charge in [-0.1, -0.05) is 13.8 Å². The van der Waals surface area contributed by atoms with E-state index in [9.17, 15) is 8.42 Å². The van der Waals surface area contributed by atoms with Crippen molar-refractivity contribution in [1.82, 2.24) is 19.2 Å². The first-order chi connectivity index (χ1) is 16.4. The summed E-state index contributed by atoms with van der Waals surface area (Å²) in [5.41, 5.74) is -0.0117. The Morgan fingerprint density at radius 2 is 1.89 bits per heavy atom. The first-order valence-electron chi connectivity index (χ1n) is 12.7. The van der Waals surface area contributed by atoms with Gasteiger partial charge < -0.3 is 19.3 Å². The van der Waals surface area contributed by atoms with Crippen LogP contribution >= 0.6 is 0 Å². The van der Waals surface area contributed by atoms with Gasteiger partial charge in [0.15, 0.2) is 5.88 Å². The lowest BCUT2D eigenvalue weighted by Gasteiger charge is -2.38. The predicted molar refractivity (Wildman–Crippen MR) is 139 cm³/mol. The van der Waals surface area contributed by atoms with Gasteiger partial charge in [-0.3, -0.25) is 0 Å². The van der Waals surface area contributed by atoms with Gasteiger partial charge in [-0.05, 0) is 59.0 Å². The molecule has 2 heterocycles. The van der Waals surface area contributed by atoms with Crippen LogP contribution in [0.4, 0.5) is 5.82 Å². The third-order valence-electron chi connectivity index (χ3n) is 7.28. The summed E-state index contributed by atoms with van der Waals surface area (Å²) >= 11 is 0. The van der Waals surface area contributed by atoms with Crippen LogP contribution in [0.1, 0.15) is 60.3 Å². The van der Waals surface area contributed by atoms with Gasteiger partial charge in [0.05, 0.1) is 23.7 Å². The van der Waals surface area contributed by atoms with Crippen molar-refractivity contribution >= 4 is 15.8 Å². The summed E-state index contributed by atoms with van der Waals surface area (Å²) in [5, 5.41) is 0. The highest BCUT2D eigenvalue weighted by Crippen LogP contribution is 2.40. The maximum absolute atomic E-state index is 12.9. The summed E-state index contributed by atoms with van der Waals surface area (Å²) in [6, 6.07) is 0. The second-order valence-corrected chi connectivity index (χ2v) is 13.4. The molecule has 2 aliphatic rings. The van der Waals surface area contributed by atoms with Crippen molar-refractivity contribution in [3.8, 4) is 5.88 Å². The first-order valence-corrected chi connectivity index (χ1v) is 14.1. The van der Waals surface area contributed by atoms with E-state index in [-0.39, 0.29) is 5.60 Å². The molecule has 2 fully saturated rings. The van der Waals surface area contributed by atoms with Crippen LogP contribution in [0.2, 0.25) is 0 Å². The standard InChI is InChI=1S/C25H43N5O4S/c1-8-24(4,5)35(31,32)30-15-13-29(14-16-30)22-17-27-23(18-26-22)33-19-20(2)9-12-28(7)21(3)34-25(6)10-11-25/h17-18,20H,3,8-16,19H2,1-2,4-7H3. The smallest absolute Gasteiger partial charge is 0.232 e. The summed E-state index contributed by atoms with van der Waals surface area (Å²) in [4.78, 5) is 13.0. The van der Waals surface area contributed by atoms with Crippen LogP contribution in [0.15, 0.2) is 24.9 Å². The number of nitrogens with zero attached hydrogens (tertiary/aromatic N) is 5. The number of aromatic nitrogens is 2. The van der Waals surface area contributed by atoms with Gasteiger partial charge >= 0.3 is 0 Å². The van der Waals surface area contributed by atoms with Crippen molar-refractivity contribution in [2.24, 2.45) is 5.92 Å². The third-order valence-corrected chi connectivity index (χ3v) is 10.0. The van der Waals surface area contributed by atoms with Gasteiger partial charge in [-0.25, -0.2) is 18.4 Å². The molecule has 0 spiro atoms. The number of piperazine rings is 1. The van der Waals surface area contributed by atoms with Gasteiger partial charge in [0.2, 0.25) is 15.9 Å². The Balaban J connectivity index is 1.40. The van der Waals surface area contributed by atoms with Crippen molar-refractivity contribution in [3.05, 3.63) is 24.9 Å². The molecule has 0 radical (unpaired) electrons. The average Bonchev–Trinajstić information content (AvgIpc) is 3.57. The van der Waals surface area contributed by atoms with Crippen LogP contribution in [-0.2, 0) is 14.8 Å². The highest BCUT2D eigenvalue weighted by Gasteiger charge is 2.41. The first kappa shape index (κ1) is 27.5. The van der Waals surface area contributed by atoms with E-state index in [0.29, 0.717) is 51.0 Å². The zero-order chi connectivity index (χ0) is 25.9. The van der Waals surface area contributed by atoms with E-state index < -0.39 is 14.8 Å². The molecule has 1 aliphatic carbocycles. The zero-order valence-electron chi connectivity index (χ0n) is 22.3. The zero-order valence-corrected chi connectivity index (χ0v) is 23.1. The van der Waals surface area contributed by atoms with E-state index in [0.717, 1.165) is 37.5 Å². The second kappa shape index (κ2) is 10.9. The molecular formula is C25H43N5O4S. The lowest BCUT2D eigenvalue weighted by molar-refractivity contribution is 0.0523. The lowest BCUT2D eigenvalue weighted by atomic mass is 10.1. The molecule has 1 aromatic rings. The topological polar surface area (TPSA) is 88.1 Å². The van der Waals surface area contributed by atoms with Gasteiger partial charge in [0, 0.05) is 39.8 Å². The van der Waals surface area contributed by atoms with E-state index in [1.54, 1.807) is 30.5 Å². The van der Waals surface area contributed by atoms with Gasteiger partial charge in [-0.15, -0.1) is 0 Å². The fourth-order valence-corrected chi connectivity index (χ4v) is 5.43. The highest BCUT2D eigenvalue weighted by atomic mass is 32.2. The normalized spacial score (nSPS) is 19.2. The molecule has 9 nitrogen and oxygen atoms in total. The van der Waals surface area contributed by atoms with Crippen molar-refractivity contribution in [1.29, 1.82) is 0 Å². The largest absolute Gasteiger partial charge is 0.476 e. The average molecular weight is 510 g/mol. The lowest BCUT2D eigenvalue weighted by Crippen LogP contribution is -2.53. The number of hydrogen-bond acceptors (Lipinski definition) is 8. The number of hydrogen-bond donors (Lipinski definition) is 0. The van der Waals surface area contributed by atoms with Crippen LogP contribution in [0, 0.1) is 5.92 Å². The van der Waals surface area contributed by atoms with Crippen LogP contribution in [0.25, 0.3) is 0 Å². The minimum atomic E-state index is -3.32. The van der Waals surface area contributed by atoms with E-state index in [4.69, 9.17) is 9.47 Å². The number of ether oxygens (including phenoxy) is 2. The molecule has 0 N–H and O–H groups in total. The third kappa shape index (κ3) is 7.00. The van der Waals surface area contributed by atoms with Crippen LogP contribution in [0.5, 0.6) is 5.88 Å². The molecule has 0 amide bonds. The van der Waals surface area contributed by atoms with Gasteiger partial charge in [-0.2, -0.15) is 4.31 Å². The quantitative estimate of drug-likeness (QED) is 0.374. The predicted octanol–water partition coefficient (Wildman–Crippen LogP) is 3.49. The van der Waals surface area contributed by atoms with E-state index in [1.165, 1.54) is 0 Å². The van der Waals surface area contributed by atoms with Crippen LogP contribution in [-0.4, -0.2) is 84.3 Å². The fraction of sp³-hybridized carbons (Fsp3) is 0.760. The minimum absolute atomic E-state index is 0.0117. The number of sulfonamides is 1. The summed E-state index contributed by atoms with van der Waals surface area (Å²) < 4.78 is 38.4. The van der Waals surface area contributed by atoms with Gasteiger partial charge in [0.1, 0.15) is 11.4 Å². The summed E-state index contributed by atoms with van der Waals surface area (Å²) in [6.07, 6.45) is 7.07. The Kier molecular flexibility index (Phi) is 8.57. The maximum Gasteiger partial charge on any atom is 0.232 e. The molecule has 1 saturated heterocycles. The van der Waals surface area contributed by atoms with E-state index >= 15 is 0 Å². The summed E-state index contributed by atoms with van der Waals surface area (Å²) in [6.45, 7) is 17.3. The molecule has 35 heavy (non-hydrogen) atoms. The molecule has 10 heteroatoms. The summed E-state index contributed by atoms with van der Waals surface area (Å²) in [5.74, 6) is 2.30. The minimum Gasteiger partial charge on any atom is -0.476 e. The second-order valence-electron chi connectivity index (χ2n) is 10.8. The molecular weight excluding hydrogens is 466 g/mol.